The van der Waals surface area contributed by atoms with Crippen LogP contribution in [0.3, 0.4) is 0 Å². The molecule has 0 aliphatic heterocycles. The monoisotopic (exact) mass is 370 g/mol. The van der Waals surface area contributed by atoms with E-state index in [0.717, 1.165) is 7.11 Å². The molecule has 2 aromatic heterocycles. The van der Waals surface area contributed by atoms with Crippen LogP contribution in [0, 0.1) is 11.6 Å². The molecule has 1 N–H and O–H groups in total. The molecule has 0 atom stereocenters. The molecule has 0 radical (unpaired) electrons. The minimum Gasteiger partial charge on any atom is -0.465 e. The Balaban J connectivity index is 1.85. The molecule has 0 unspecified atom stereocenters. The van der Waals surface area contributed by atoms with Crippen molar-refractivity contribution < 1.29 is 23.1 Å². The number of nitrogens with zero attached hydrogens (tertiary/aromatic N) is 3. The van der Waals surface area contributed by atoms with E-state index in [1.54, 1.807) is 30.6 Å². The van der Waals surface area contributed by atoms with E-state index in [-0.39, 0.29) is 16.9 Å². The van der Waals surface area contributed by atoms with Gasteiger partial charge in [0, 0.05) is 24.0 Å². The number of carbonyl (C=O) groups is 2. The van der Waals surface area contributed by atoms with Crippen LogP contribution in [-0.4, -0.2) is 34.2 Å². The molecule has 27 heavy (non-hydrogen) atoms. The number of rotatable bonds is 4. The van der Waals surface area contributed by atoms with Gasteiger partial charge in [0.15, 0.2) is 17.3 Å². The van der Waals surface area contributed by atoms with Gasteiger partial charge in [-0.3, -0.25) is 9.78 Å². The fraction of sp³-hybridized carbons (Fsp3) is 0.0556. The van der Waals surface area contributed by atoms with Gasteiger partial charge >= 0.3 is 5.97 Å². The fourth-order valence-electron chi connectivity index (χ4n) is 2.24. The van der Waals surface area contributed by atoms with Crippen LogP contribution in [0.4, 0.5) is 14.5 Å². The number of aromatic nitrogens is 3. The Morgan fingerprint density at radius 2 is 1.85 bits per heavy atom. The zero-order valence-corrected chi connectivity index (χ0v) is 13.9. The van der Waals surface area contributed by atoms with E-state index in [0.29, 0.717) is 23.4 Å². The van der Waals surface area contributed by atoms with Crippen molar-refractivity contribution in [2.45, 2.75) is 0 Å². The maximum Gasteiger partial charge on any atom is 0.340 e. The van der Waals surface area contributed by atoms with Crippen LogP contribution in [0.15, 0.2) is 48.8 Å². The number of hydrogen-bond donors (Lipinski definition) is 1. The third-order valence-electron chi connectivity index (χ3n) is 3.57. The standard InChI is InChI=1S/C18H12F2N4O3/c1-27-18(26)11-7-12(19)13(20)8-16(11)22-17(25)15-5-4-14(23-24-15)10-3-2-6-21-9-10/h2-9H,1H3,(H,22,25). The van der Waals surface area contributed by atoms with Gasteiger partial charge in [0.25, 0.3) is 5.91 Å². The molecule has 0 fully saturated rings. The van der Waals surface area contributed by atoms with Crippen LogP contribution < -0.4 is 5.32 Å². The molecule has 0 aliphatic rings. The Morgan fingerprint density at radius 3 is 2.48 bits per heavy atom. The summed E-state index contributed by atoms with van der Waals surface area (Å²) in [5, 5.41) is 10.1. The van der Waals surface area contributed by atoms with Crippen LogP contribution in [0.25, 0.3) is 11.3 Å². The van der Waals surface area contributed by atoms with E-state index in [1.807, 2.05) is 0 Å². The van der Waals surface area contributed by atoms with Gasteiger partial charge in [0.2, 0.25) is 0 Å². The number of hydrogen-bond acceptors (Lipinski definition) is 6. The number of carbonyl (C=O) groups excluding carboxylic acids is 2. The van der Waals surface area contributed by atoms with E-state index in [2.05, 4.69) is 25.2 Å². The number of benzene rings is 1. The highest BCUT2D eigenvalue weighted by atomic mass is 19.2. The number of methoxy groups -OCH3 is 1. The molecule has 2 heterocycles. The maximum absolute atomic E-state index is 13.5. The molecular formula is C18H12F2N4O3. The van der Waals surface area contributed by atoms with Gasteiger partial charge in [0.1, 0.15) is 0 Å². The summed E-state index contributed by atoms with van der Waals surface area (Å²) in [5.74, 6) is -4.15. The summed E-state index contributed by atoms with van der Waals surface area (Å²) in [5.41, 5.74) is 0.560. The Labute approximate surface area is 152 Å². The first-order valence-corrected chi connectivity index (χ1v) is 7.62. The molecule has 0 bridgehead atoms. The molecule has 0 aliphatic carbocycles. The second-order valence-corrected chi connectivity index (χ2v) is 5.30. The van der Waals surface area contributed by atoms with Crippen molar-refractivity contribution in [1.82, 2.24) is 15.2 Å². The van der Waals surface area contributed by atoms with Crippen molar-refractivity contribution in [3.05, 3.63) is 71.7 Å². The van der Waals surface area contributed by atoms with Crippen molar-refractivity contribution in [2.24, 2.45) is 0 Å². The zero-order valence-electron chi connectivity index (χ0n) is 13.9. The van der Waals surface area contributed by atoms with E-state index < -0.39 is 23.5 Å². The van der Waals surface area contributed by atoms with E-state index in [4.69, 9.17) is 0 Å². The summed E-state index contributed by atoms with van der Waals surface area (Å²) in [7, 11) is 1.08. The van der Waals surface area contributed by atoms with E-state index in [1.165, 1.54) is 6.07 Å². The Bertz CT molecular complexity index is 995. The average molecular weight is 370 g/mol. The van der Waals surface area contributed by atoms with Gasteiger partial charge in [-0.1, -0.05) is 0 Å². The quantitative estimate of drug-likeness (QED) is 0.710. The van der Waals surface area contributed by atoms with Crippen LogP contribution in [0.2, 0.25) is 0 Å². The van der Waals surface area contributed by atoms with Gasteiger partial charge < -0.3 is 10.1 Å². The smallest absolute Gasteiger partial charge is 0.340 e. The number of esters is 1. The minimum atomic E-state index is -1.24. The molecule has 0 saturated carbocycles. The zero-order chi connectivity index (χ0) is 19.4. The number of anilines is 1. The molecule has 1 amide bonds. The second kappa shape index (κ2) is 7.65. The lowest BCUT2D eigenvalue weighted by Gasteiger charge is -2.10. The van der Waals surface area contributed by atoms with Gasteiger partial charge in [-0.25, -0.2) is 13.6 Å². The molecule has 7 nitrogen and oxygen atoms in total. The number of pyridine rings is 1. The molecule has 0 saturated heterocycles. The minimum absolute atomic E-state index is 0.0804. The lowest BCUT2D eigenvalue weighted by molar-refractivity contribution is 0.0601. The SMILES string of the molecule is COC(=O)c1cc(F)c(F)cc1NC(=O)c1ccc(-c2cccnc2)nn1. The van der Waals surface area contributed by atoms with Gasteiger partial charge in [-0.15, -0.1) is 10.2 Å². The lowest BCUT2D eigenvalue weighted by atomic mass is 10.1. The molecule has 3 aromatic rings. The largest absolute Gasteiger partial charge is 0.465 e. The van der Waals surface area contributed by atoms with Crippen LogP contribution in [0.1, 0.15) is 20.8 Å². The van der Waals surface area contributed by atoms with Crippen LogP contribution in [0.5, 0.6) is 0 Å². The molecule has 3 rings (SSSR count). The third kappa shape index (κ3) is 3.92. The summed E-state index contributed by atoms with van der Waals surface area (Å²) < 4.78 is 31.4. The third-order valence-corrected chi connectivity index (χ3v) is 3.57. The molecule has 1 aromatic carbocycles. The first-order chi connectivity index (χ1) is 13.0. The van der Waals surface area contributed by atoms with Crippen molar-refractivity contribution >= 4 is 17.6 Å². The number of nitrogens with one attached hydrogen (secondary N) is 1. The predicted molar refractivity (Wildman–Crippen MR) is 90.9 cm³/mol. The summed E-state index contributed by atoms with van der Waals surface area (Å²) in [6, 6.07) is 7.81. The topological polar surface area (TPSA) is 94.1 Å². The predicted octanol–water partition coefficient (Wildman–Crippen LogP) is 2.86. The molecule has 136 valence electrons. The highest BCUT2D eigenvalue weighted by molar-refractivity contribution is 6.07. The summed E-state index contributed by atoms with van der Waals surface area (Å²) in [6.45, 7) is 0. The Kier molecular flexibility index (Phi) is 5.11. The van der Waals surface area contributed by atoms with Gasteiger partial charge in [0.05, 0.1) is 24.1 Å². The maximum atomic E-state index is 13.5. The average Bonchev–Trinajstić information content (AvgIpc) is 2.70. The summed E-state index contributed by atoms with van der Waals surface area (Å²) in [6.07, 6.45) is 3.20. The van der Waals surface area contributed by atoms with Gasteiger partial charge in [-0.2, -0.15) is 0 Å². The first-order valence-electron chi connectivity index (χ1n) is 7.62. The Morgan fingerprint density at radius 1 is 1.07 bits per heavy atom. The van der Waals surface area contributed by atoms with E-state index >= 15 is 0 Å². The number of halogens is 2. The highest BCUT2D eigenvalue weighted by Crippen LogP contribution is 2.22. The summed E-state index contributed by atoms with van der Waals surface area (Å²) >= 11 is 0. The highest BCUT2D eigenvalue weighted by Gasteiger charge is 2.19. The van der Waals surface area contributed by atoms with E-state index in [9.17, 15) is 18.4 Å². The van der Waals surface area contributed by atoms with Gasteiger partial charge in [-0.05, 0) is 30.3 Å². The fourth-order valence-corrected chi connectivity index (χ4v) is 2.24. The van der Waals surface area contributed by atoms with Crippen molar-refractivity contribution in [2.75, 3.05) is 12.4 Å². The number of amides is 1. The van der Waals surface area contributed by atoms with Crippen LogP contribution >= 0.6 is 0 Å². The lowest BCUT2D eigenvalue weighted by Crippen LogP contribution is -2.18. The molecular weight excluding hydrogens is 358 g/mol. The van der Waals surface area contributed by atoms with Crippen molar-refractivity contribution in [1.29, 1.82) is 0 Å². The van der Waals surface area contributed by atoms with Crippen molar-refractivity contribution in [3.8, 4) is 11.3 Å². The number of ether oxygens (including phenoxy) is 1. The molecule has 0 spiro atoms. The Hall–Kier alpha value is -3.75. The van der Waals surface area contributed by atoms with Crippen LogP contribution in [-0.2, 0) is 4.74 Å². The first kappa shape index (κ1) is 18.1. The summed E-state index contributed by atoms with van der Waals surface area (Å²) in [4.78, 5) is 28.0. The second-order valence-electron chi connectivity index (χ2n) is 5.30. The van der Waals surface area contributed by atoms with Crippen molar-refractivity contribution in [3.63, 3.8) is 0 Å². The molecule has 9 heteroatoms. The normalized spacial score (nSPS) is 10.3.